The van der Waals surface area contributed by atoms with Crippen molar-refractivity contribution >= 4 is 39.8 Å². The van der Waals surface area contributed by atoms with Crippen molar-refractivity contribution in [3.63, 3.8) is 0 Å². The lowest BCUT2D eigenvalue weighted by Gasteiger charge is -2.35. The van der Waals surface area contributed by atoms with Gasteiger partial charge in [-0.3, -0.25) is 0 Å². The number of benzene rings is 1. The second-order valence-corrected chi connectivity index (χ2v) is 7.43. The Labute approximate surface area is 141 Å². The molecule has 1 fully saturated rings. The Morgan fingerprint density at radius 1 is 1.30 bits per heavy atom. The van der Waals surface area contributed by atoms with Crippen molar-refractivity contribution in [3.8, 4) is 10.4 Å². The van der Waals surface area contributed by atoms with Crippen molar-refractivity contribution in [1.29, 1.82) is 0 Å². The molecule has 3 aromatic rings. The lowest BCUT2D eigenvalue weighted by molar-refractivity contribution is -0.0354. The summed E-state index contributed by atoms with van der Waals surface area (Å²) >= 11 is 7.89. The number of aliphatic hydroxyl groups is 1. The molecule has 118 valence electrons. The van der Waals surface area contributed by atoms with Gasteiger partial charge in [0.25, 0.3) is 0 Å². The first-order valence-corrected chi connectivity index (χ1v) is 8.54. The van der Waals surface area contributed by atoms with Gasteiger partial charge in [-0.2, -0.15) is 0 Å². The van der Waals surface area contributed by atoms with Crippen molar-refractivity contribution in [1.82, 2.24) is 4.98 Å². The van der Waals surface area contributed by atoms with Gasteiger partial charge in [-0.15, -0.1) is 11.3 Å². The molecule has 0 spiro atoms. The van der Waals surface area contributed by atoms with Crippen LogP contribution >= 0.6 is 22.9 Å². The maximum absolute atomic E-state index is 11.3. The quantitative estimate of drug-likeness (QED) is 0.647. The number of rotatable bonds is 3. The van der Waals surface area contributed by atoms with E-state index in [2.05, 4.69) is 4.98 Å². The zero-order chi connectivity index (χ0) is 16.2. The molecule has 1 saturated carbocycles. The van der Waals surface area contributed by atoms with Crippen LogP contribution in [-0.2, 0) is 5.60 Å². The predicted molar refractivity (Wildman–Crippen MR) is 91.3 cm³/mol. The van der Waals surface area contributed by atoms with Crippen LogP contribution < -0.4 is 0 Å². The maximum Gasteiger partial charge on any atom is 0.337 e. The van der Waals surface area contributed by atoms with E-state index >= 15 is 0 Å². The van der Waals surface area contributed by atoms with Crippen LogP contribution in [0.25, 0.3) is 21.3 Å². The standard InChI is InChI=1S/C17H14ClNO3S/c18-12-7-13-9(11(8-19-13)16(20)21)6-10(12)14-2-3-15(23-14)17(22)4-1-5-17/h2-3,6-8,19,22H,1,4-5H2,(H,20,21). The average molecular weight is 348 g/mol. The van der Waals surface area contributed by atoms with Crippen LogP contribution in [0.4, 0.5) is 0 Å². The summed E-state index contributed by atoms with van der Waals surface area (Å²) in [6.07, 6.45) is 4.10. The van der Waals surface area contributed by atoms with Gasteiger partial charge in [0.05, 0.1) is 16.2 Å². The Bertz CT molecular complexity index is 923. The summed E-state index contributed by atoms with van der Waals surface area (Å²) < 4.78 is 0. The molecule has 0 aliphatic heterocycles. The number of fused-ring (bicyclic) bond motifs is 1. The van der Waals surface area contributed by atoms with E-state index in [4.69, 9.17) is 11.6 Å². The molecule has 2 aromatic heterocycles. The van der Waals surface area contributed by atoms with Gasteiger partial charge in [-0.25, -0.2) is 4.79 Å². The van der Waals surface area contributed by atoms with E-state index in [0.717, 1.165) is 34.6 Å². The number of hydrogen-bond donors (Lipinski definition) is 3. The smallest absolute Gasteiger partial charge is 0.337 e. The van der Waals surface area contributed by atoms with Gasteiger partial charge in [0.2, 0.25) is 0 Å². The molecule has 0 atom stereocenters. The summed E-state index contributed by atoms with van der Waals surface area (Å²) in [4.78, 5) is 16.1. The van der Waals surface area contributed by atoms with Gasteiger partial charge >= 0.3 is 5.97 Å². The Kier molecular flexibility index (Phi) is 3.27. The highest BCUT2D eigenvalue weighted by molar-refractivity contribution is 7.15. The van der Waals surface area contributed by atoms with Gasteiger partial charge in [0.15, 0.2) is 0 Å². The molecule has 0 radical (unpaired) electrons. The van der Waals surface area contributed by atoms with Crippen molar-refractivity contribution in [2.24, 2.45) is 0 Å². The van der Waals surface area contributed by atoms with Crippen molar-refractivity contribution in [2.75, 3.05) is 0 Å². The number of thiophene rings is 1. The van der Waals surface area contributed by atoms with Gasteiger partial charge in [0, 0.05) is 32.4 Å². The van der Waals surface area contributed by atoms with E-state index in [9.17, 15) is 15.0 Å². The molecule has 23 heavy (non-hydrogen) atoms. The molecule has 1 aromatic carbocycles. The summed E-state index contributed by atoms with van der Waals surface area (Å²) in [5, 5.41) is 20.9. The number of aromatic carboxylic acids is 1. The number of aromatic amines is 1. The van der Waals surface area contributed by atoms with Crippen LogP contribution in [0.5, 0.6) is 0 Å². The fourth-order valence-corrected chi connectivity index (χ4v) is 4.50. The number of halogens is 1. The molecular formula is C17H14ClNO3S. The van der Waals surface area contributed by atoms with Gasteiger partial charge in [-0.05, 0) is 43.5 Å². The van der Waals surface area contributed by atoms with E-state index in [0.29, 0.717) is 15.9 Å². The SMILES string of the molecule is O=C(O)c1c[nH]c2cc(Cl)c(-c3ccc(C4(O)CCC4)s3)cc12. The molecule has 4 rings (SSSR count). The minimum atomic E-state index is -0.972. The highest BCUT2D eigenvalue weighted by Gasteiger charge is 2.37. The van der Waals surface area contributed by atoms with E-state index in [1.54, 1.807) is 12.1 Å². The fourth-order valence-electron chi connectivity index (χ4n) is 3.00. The number of hydrogen-bond acceptors (Lipinski definition) is 3. The summed E-state index contributed by atoms with van der Waals surface area (Å²) in [5.74, 6) is -0.972. The molecule has 0 bridgehead atoms. The predicted octanol–water partition coefficient (Wildman–Crippen LogP) is 4.62. The summed E-state index contributed by atoms with van der Waals surface area (Å²) in [5.41, 5.74) is 1.03. The monoisotopic (exact) mass is 347 g/mol. The second-order valence-electron chi connectivity index (χ2n) is 5.93. The maximum atomic E-state index is 11.3. The first-order chi connectivity index (χ1) is 11.0. The minimum Gasteiger partial charge on any atom is -0.478 e. The van der Waals surface area contributed by atoms with Crippen LogP contribution in [-0.4, -0.2) is 21.2 Å². The van der Waals surface area contributed by atoms with Crippen LogP contribution in [0.15, 0.2) is 30.5 Å². The van der Waals surface area contributed by atoms with Crippen LogP contribution in [0.2, 0.25) is 5.02 Å². The Morgan fingerprint density at radius 3 is 2.74 bits per heavy atom. The highest BCUT2D eigenvalue weighted by Crippen LogP contribution is 2.46. The molecular weight excluding hydrogens is 334 g/mol. The molecule has 0 saturated heterocycles. The van der Waals surface area contributed by atoms with Gasteiger partial charge in [0.1, 0.15) is 0 Å². The summed E-state index contributed by atoms with van der Waals surface area (Å²) in [7, 11) is 0. The third-order valence-corrected chi connectivity index (χ3v) is 6.14. The van der Waals surface area contributed by atoms with E-state index in [-0.39, 0.29) is 5.56 Å². The molecule has 1 aliphatic rings. The first kappa shape index (κ1) is 14.8. The molecule has 4 nitrogen and oxygen atoms in total. The fraction of sp³-hybridized carbons (Fsp3) is 0.235. The van der Waals surface area contributed by atoms with Crippen molar-refractivity contribution in [2.45, 2.75) is 24.9 Å². The number of H-pyrrole nitrogens is 1. The lowest BCUT2D eigenvalue weighted by Crippen LogP contribution is -2.32. The van der Waals surface area contributed by atoms with E-state index < -0.39 is 11.6 Å². The van der Waals surface area contributed by atoms with Gasteiger partial charge < -0.3 is 15.2 Å². The zero-order valence-corrected chi connectivity index (χ0v) is 13.7. The third kappa shape index (κ3) is 2.27. The third-order valence-electron chi connectivity index (χ3n) is 4.51. The van der Waals surface area contributed by atoms with E-state index in [1.807, 2.05) is 12.1 Å². The molecule has 3 N–H and O–H groups in total. The topological polar surface area (TPSA) is 73.3 Å². The summed E-state index contributed by atoms with van der Waals surface area (Å²) in [6, 6.07) is 7.43. The van der Waals surface area contributed by atoms with Crippen LogP contribution in [0.3, 0.4) is 0 Å². The van der Waals surface area contributed by atoms with Crippen LogP contribution in [0, 0.1) is 0 Å². The molecule has 0 unspecified atom stereocenters. The Balaban J connectivity index is 1.83. The van der Waals surface area contributed by atoms with Crippen molar-refractivity contribution in [3.05, 3.63) is 45.9 Å². The number of carboxylic acid groups (broad SMARTS) is 1. The zero-order valence-electron chi connectivity index (χ0n) is 12.1. The number of carbonyl (C=O) groups is 1. The van der Waals surface area contributed by atoms with Crippen LogP contribution in [0.1, 0.15) is 34.5 Å². The van der Waals surface area contributed by atoms with E-state index in [1.165, 1.54) is 17.5 Å². The molecule has 1 aliphatic carbocycles. The average Bonchev–Trinajstić information content (AvgIpc) is 3.10. The molecule has 0 amide bonds. The first-order valence-electron chi connectivity index (χ1n) is 7.35. The Hall–Kier alpha value is -1.82. The van der Waals surface area contributed by atoms with Crippen molar-refractivity contribution < 1.29 is 15.0 Å². The lowest BCUT2D eigenvalue weighted by atomic mass is 9.79. The molecule has 2 heterocycles. The normalized spacial score (nSPS) is 16.4. The molecule has 6 heteroatoms. The van der Waals surface area contributed by atoms with Gasteiger partial charge in [-0.1, -0.05) is 11.6 Å². The largest absolute Gasteiger partial charge is 0.478 e. The number of carboxylic acids is 1. The second kappa shape index (κ2) is 5.09. The Morgan fingerprint density at radius 2 is 2.09 bits per heavy atom. The minimum absolute atomic E-state index is 0.229. The highest BCUT2D eigenvalue weighted by atomic mass is 35.5. The summed E-state index contributed by atoms with van der Waals surface area (Å²) in [6.45, 7) is 0. The number of aromatic nitrogens is 1. The number of nitrogens with one attached hydrogen (secondary N) is 1.